The lowest BCUT2D eigenvalue weighted by Crippen LogP contribution is -2.32. The van der Waals surface area contributed by atoms with Gasteiger partial charge >= 0.3 is 0 Å². The molecule has 0 amide bonds. The second kappa shape index (κ2) is 4.73. The Bertz CT molecular complexity index is 534. The predicted molar refractivity (Wildman–Crippen MR) is 84.4 cm³/mol. The van der Waals surface area contributed by atoms with Gasteiger partial charge in [-0.2, -0.15) is 0 Å². The average molecular weight is 253 g/mol. The maximum Gasteiger partial charge on any atom is 0.0452 e. The monoisotopic (exact) mass is 253 g/mol. The molecule has 0 bridgehead atoms. The minimum absolute atomic E-state index is 0. The van der Waals surface area contributed by atoms with E-state index in [-0.39, 0.29) is 12.8 Å². The molecule has 0 saturated heterocycles. The maximum absolute atomic E-state index is 2.41. The van der Waals surface area contributed by atoms with Crippen LogP contribution in [0.2, 0.25) is 0 Å². The molecule has 19 heavy (non-hydrogen) atoms. The average Bonchev–Trinajstić information content (AvgIpc) is 2.40. The smallest absolute Gasteiger partial charge is 0.0452 e. The zero-order valence-corrected chi connectivity index (χ0v) is 11.3. The summed E-state index contributed by atoms with van der Waals surface area (Å²) >= 11 is 0. The van der Waals surface area contributed by atoms with E-state index in [1.807, 2.05) is 0 Å². The SMILES string of the molecule is C.CCN1c2ccccc2C(C)(C)c2ccccc21. The lowest BCUT2D eigenvalue weighted by atomic mass is 9.74. The summed E-state index contributed by atoms with van der Waals surface area (Å²) in [5, 5.41) is 0. The molecule has 0 atom stereocenters. The molecule has 1 heteroatoms. The first kappa shape index (κ1) is 13.7. The molecule has 1 heterocycles. The molecule has 0 saturated carbocycles. The van der Waals surface area contributed by atoms with Gasteiger partial charge in [0.2, 0.25) is 0 Å². The van der Waals surface area contributed by atoms with E-state index in [2.05, 4.69) is 74.2 Å². The molecule has 0 fully saturated rings. The Morgan fingerprint density at radius 3 is 1.68 bits per heavy atom. The Labute approximate surface area is 116 Å². The standard InChI is InChI=1S/C17H19N.CH4/c1-4-18-15-11-7-5-9-13(15)17(2,3)14-10-6-8-12-16(14)18;/h5-12H,4H2,1-3H3;1H4. The summed E-state index contributed by atoms with van der Waals surface area (Å²) in [4.78, 5) is 2.41. The van der Waals surface area contributed by atoms with Crippen molar-refractivity contribution < 1.29 is 0 Å². The highest BCUT2D eigenvalue weighted by atomic mass is 15.1. The van der Waals surface area contributed by atoms with Crippen LogP contribution in [0.5, 0.6) is 0 Å². The molecule has 1 nitrogen and oxygen atoms in total. The summed E-state index contributed by atoms with van der Waals surface area (Å²) in [6, 6.07) is 17.5. The predicted octanol–water partition coefficient (Wildman–Crippen LogP) is 5.12. The molecule has 3 rings (SSSR count). The van der Waals surface area contributed by atoms with Crippen molar-refractivity contribution >= 4 is 11.4 Å². The van der Waals surface area contributed by atoms with E-state index in [0.717, 1.165) is 6.54 Å². The molecule has 0 N–H and O–H groups in total. The van der Waals surface area contributed by atoms with Crippen LogP contribution in [0.3, 0.4) is 0 Å². The number of anilines is 2. The quantitative estimate of drug-likeness (QED) is 0.681. The molecular formula is C18H23N. The third kappa shape index (κ3) is 1.85. The molecule has 2 aromatic rings. The van der Waals surface area contributed by atoms with Crippen LogP contribution in [-0.2, 0) is 5.41 Å². The first-order valence-corrected chi connectivity index (χ1v) is 6.63. The van der Waals surface area contributed by atoms with Crippen LogP contribution in [0.1, 0.15) is 39.3 Å². The lowest BCUT2D eigenvalue weighted by molar-refractivity contribution is 0.626. The van der Waals surface area contributed by atoms with Crippen LogP contribution < -0.4 is 4.90 Å². The van der Waals surface area contributed by atoms with Gasteiger partial charge in [-0.05, 0) is 30.2 Å². The number of nitrogens with zero attached hydrogens (tertiary/aromatic N) is 1. The van der Waals surface area contributed by atoms with Crippen LogP contribution in [0.4, 0.5) is 11.4 Å². The highest BCUT2D eigenvalue weighted by Gasteiger charge is 2.34. The van der Waals surface area contributed by atoms with Crippen LogP contribution in [0.15, 0.2) is 48.5 Å². The summed E-state index contributed by atoms with van der Waals surface area (Å²) < 4.78 is 0. The first-order valence-electron chi connectivity index (χ1n) is 6.63. The molecule has 0 aromatic heterocycles. The van der Waals surface area contributed by atoms with Gasteiger partial charge in [-0.25, -0.2) is 0 Å². The van der Waals surface area contributed by atoms with Crippen molar-refractivity contribution in [2.75, 3.05) is 11.4 Å². The molecule has 1 aliphatic rings. The lowest BCUT2D eigenvalue weighted by Gasteiger charge is -2.41. The van der Waals surface area contributed by atoms with Crippen molar-refractivity contribution in [3.8, 4) is 0 Å². The Kier molecular flexibility index (Phi) is 3.40. The summed E-state index contributed by atoms with van der Waals surface area (Å²) in [6.45, 7) is 7.85. The van der Waals surface area contributed by atoms with Gasteiger partial charge in [0.1, 0.15) is 0 Å². The fourth-order valence-electron chi connectivity index (χ4n) is 3.09. The van der Waals surface area contributed by atoms with Gasteiger partial charge in [0.25, 0.3) is 0 Å². The van der Waals surface area contributed by atoms with Gasteiger partial charge in [-0.1, -0.05) is 57.7 Å². The van der Waals surface area contributed by atoms with E-state index in [0.29, 0.717) is 0 Å². The molecule has 0 aliphatic carbocycles. The summed E-state index contributed by atoms with van der Waals surface area (Å²) in [7, 11) is 0. The van der Waals surface area contributed by atoms with Crippen molar-refractivity contribution in [1.82, 2.24) is 0 Å². The third-order valence-electron chi connectivity index (χ3n) is 4.05. The Morgan fingerprint density at radius 1 is 0.842 bits per heavy atom. The van der Waals surface area contributed by atoms with Crippen molar-refractivity contribution in [3.63, 3.8) is 0 Å². The molecule has 0 unspecified atom stereocenters. The number of hydrogen-bond acceptors (Lipinski definition) is 1. The van der Waals surface area contributed by atoms with Crippen molar-refractivity contribution in [1.29, 1.82) is 0 Å². The van der Waals surface area contributed by atoms with Gasteiger partial charge in [-0.15, -0.1) is 0 Å². The van der Waals surface area contributed by atoms with Crippen molar-refractivity contribution in [3.05, 3.63) is 59.7 Å². The van der Waals surface area contributed by atoms with Gasteiger partial charge in [0.15, 0.2) is 0 Å². The minimum Gasteiger partial charge on any atom is -0.341 e. The van der Waals surface area contributed by atoms with Gasteiger partial charge < -0.3 is 4.90 Å². The molecule has 2 aromatic carbocycles. The Balaban J connectivity index is 0.00000133. The molecule has 0 radical (unpaired) electrons. The third-order valence-corrected chi connectivity index (χ3v) is 4.05. The highest BCUT2D eigenvalue weighted by molar-refractivity contribution is 5.77. The summed E-state index contributed by atoms with van der Waals surface area (Å²) in [5.74, 6) is 0. The zero-order chi connectivity index (χ0) is 12.8. The normalized spacial score (nSPS) is 15.2. The van der Waals surface area contributed by atoms with Gasteiger partial charge in [-0.3, -0.25) is 0 Å². The van der Waals surface area contributed by atoms with Crippen molar-refractivity contribution in [2.24, 2.45) is 0 Å². The van der Waals surface area contributed by atoms with Gasteiger partial charge in [0.05, 0.1) is 0 Å². The Hall–Kier alpha value is -1.76. The van der Waals surface area contributed by atoms with Crippen LogP contribution in [-0.4, -0.2) is 6.54 Å². The molecule has 1 aliphatic heterocycles. The molecule has 100 valence electrons. The largest absolute Gasteiger partial charge is 0.341 e. The minimum atomic E-state index is 0. The second-order valence-corrected chi connectivity index (χ2v) is 5.40. The topological polar surface area (TPSA) is 3.24 Å². The fraction of sp³-hybridized carbons (Fsp3) is 0.333. The fourth-order valence-corrected chi connectivity index (χ4v) is 3.09. The zero-order valence-electron chi connectivity index (χ0n) is 11.3. The van der Waals surface area contributed by atoms with Crippen LogP contribution >= 0.6 is 0 Å². The highest BCUT2D eigenvalue weighted by Crippen LogP contribution is 2.48. The summed E-state index contributed by atoms with van der Waals surface area (Å²) in [5.41, 5.74) is 5.63. The number of fused-ring (bicyclic) bond motifs is 2. The number of hydrogen-bond donors (Lipinski definition) is 0. The van der Waals surface area contributed by atoms with Gasteiger partial charge in [0, 0.05) is 23.3 Å². The number of benzene rings is 2. The maximum atomic E-state index is 2.41. The molecular weight excluding hydrogens is 230 g/mol. The van der Waals surface area contributed by atoms with E-state index in [1.165, 1.54) is 22.5 Å². The summed E-state index contributed by atoms with van der Waals surface area (Å²) in [6.07, 6.45) is 0. The van der Waals surface area contributed by atoms with E-state index in [1.54, 1.807) is 0 Å². The molecule has 0 spiro atoms. The first-order chi connectivity index (χ1) is 8.66. The van der Waals surface area contributed by atoms with Crippen molar-refractivity contribution in [2.45, 2.75) is 33.6 Å². The van der Waals surface area contributed by atoms with Crippen LogP contribution in [0.25, 0.3) is 0 Å². The Morgan fingerprint density at radius 2 is 1.26 bits per heavy atom. The van der Waals surface area contributed by atoms with Crippen LogP contribution in [0, 0.1) is 0 Å². The van der Waals surface area contributed by atoms with E-state index >= 15 is 0 Å². The van der Waals surface area contributed by atoms with E-state index < -0.39 is 0 Å². The van der Waals surface area contributed by atoms with E-state index in [4.69, 9.17) is 0 Å². The second-order valence-electron chi connectivity index (χ2n) is 5.40. The number of para-hydroxylation sites is 2. The number of rotatable bonds is 1. The van der Waals surface area contributed by atoms with E-state index in [9.17, 15) is 0 Å².